The summed E-state index contributed by atoms with van der Waals surface area (Å²) in [5.41, 5.74) is -0.0849. The predicted octanol–water partition coefficient (Wildman–Crippen LogP) is 5.89. The fraction of sp³-hybridized carbons (Fsp3) is 0.333. The Morgan fingerprint density at radius 1 is 0.944 bits per heavy atom. The van der Waals surface area contributed by atoms with Crippen molar-refractivity contribution in [1.82, 2.24) is 4.90 Å². The smallest absolute Gasteiger partial charge is 0.329 e. The molecular formula is C24H22Cl4N2O6. The minimum absolute atomic E-state index is 0.0653. The molecule has 192 valence electrons. The number of halogens is 4. The number of amides is 3. The maximum absolute atomic E-state index is 13.2. The average molecular weight is 576 g/mol. The number of carbonyl (C=O) groups excluding carboxylic acids is 4. The van der Waals surface area contributed by atoms with Crippen molar-refractivity contribution in [3.63, 3.8) is 0 Å². The van der Waals surface area contributed by atoms with Gasteiger partial charge in [-0.3, -0.25) is 19.3 Å². The van der Waals surface area contributed by atoms with Crippen LogP contribution in [0.25, 0.3) is 0 Å². The first-order chi connectivity index (χ1) is 17.0. The average Bonchev–Trinajstić information content (AvgIpc) is 3.09. The molecule has 1 N–H and O–H groups in total. The van der Waals surface area contributed by atoms with E-state index in [1.807, 2.05) is 0 Å². The van der Waals surface area contributed by atoms with E-state index in [2.05, 4.69) is 5.32 Å². The number of carbonyl (C=O) groups is 4. The van der Waals surface area contributed by atoms with Crippen LogP contribution in [0.4, 0.5) is 5.69 Å². The van der Waals surface area contributed by atoms with Crippen LogP contribution in [0.2, 0.25) is 20.1 Å². The van der Waals surface area contributed by atoms with Gasteiger partial charge in [-0.2, -0.15) is 0 Å². The fourth-order valence-corrected chi connectivity index (χ4v) is 4.69. The third-order valence-electron chi connectivity index (χ3n) is 5.22. The highest BCUT2D eigenvalue weighted by Gasteiger charge is 2.47. The van der Waals surface area contributed by atoms with Gasteiger partial charge in [0.2, 0.25) is 0 Å². The Morgan fingerprint density at radius 3 is 2.03 bits per heavy atom. The van der Waals surface area contributed by atoms with Gasteiger partial charge in [0.15, 0.2) is 6.61 Å². The van der Waals surface area contributed by atoms with E-state index in [-0.39, 0.29) is 43.6 Å². The molecular weight excluding hydrogens is 554 g/mol. The Hall–Kier alpha value is -2.52. The maximum Gasteiger partial charge on any atom is 0.329 e. The summed E-state index contributed by atoms with van der Waals surface area (Å²) in [4.78, 5) is 52.6. The Balaban J connectivity index is 1.81. The zero-order valence-electron chi connectivity index (χ0n) is 19.5. The summed E-state index contributed by atoms with van der Waals surface area (Å²) in [5.74, 6) is -2.98. The monoisotopic (exact) mass is 574 g/mol. The topological polar surface area (TPSA) is 102 Å². The number of hydrogen-bond acceptors (Lipinski definition) is 6. The normalized spacial score (nSPS) is 13.6. The number of rotatable bonds is 9. The number of para-hydroxylation sites is 2. The van der Waals surface area contributed by atoms with Crippen LogP contribution in [-0.4, -0.2) is 47.8 Å². The van der Waals surface area contributed by atoms with Gasteiger partial charge in [0.25, 0.3) is 17.7 Å². The van der Waals surface area contributed by atoms with E-state index in [0.29, 0.717) is 18.0 Å². The molecule has 0 radical (unpaired) electrons. The van der Waals surface area contributed by atoms with Crippen molar-refractivity contribution in [2.24, 2.45) is 5.92 Å². The van der Waals surface area contributed by atoms with Crippen molar-refractivity contribution in [2.75, 3.05) is 18.5 Å². The Morgan fingerprint density at radius 2 is 1.50 bits per heavy atom. The van der Waals surface area contributed by atoms with Gasteiger partial charge in [-0.15, -0.1) is 0 Å². The molecule has 36 heavy (non-hydrogen) atoms. The van der Waals surface area contributed by atoms with Crippen molar-refractivity contribution in [3.05, 3.63) is 55.5 Å². The highest BCUT2D eigenvalue weighted by atomic mass is 35.5. The molecule has 8 nitrogen and oxygen atoms in total. The van der Waals surface area contributed by atoms with Gasteiger partial charge in [-0.1, -0.05) is 72.4 Å². The van der Waals surface area contributed by atoms with Crippen LogP contribution in [0, 0.1) is 5.92 Å². The first-order valence-corrected chi connectivity index (χ1v) is 12.4. The van der Waals surface area contributed by atoms with Gasteiger partial charge in [0, 0.05) is 0 Å². The number of benzene rings is 2. The molecule has 3 amide bonds. The molecule has 1 atom stereocenters. The lowest BCUT2D eigenvalue weighted by atomic mass is 10.0. The minimum atomic E-state index is -1.34. The number of hydrogen-bond donors (Lipinski definition) is 1. The van der Waals surface area contributed by atoms with Crippen LogP contribution in [-0.2, 0) is 14.3 Å². The summed E-state index contributed by atoms with van der Waals surface area (Å²) in [6, 6.07) is 5.43. The number of fused-ring (bicyclic) bond motifs is 1. The molecule has 0 bridgehead atoms. The molecule has 0 saturated heterocycles. The van der Waals surface area contributed by atoms with E-state index in [1.165, 1.54) is 0 Å². The number of imide groups is 1. The quantitative estimate of drug-likeness (QED) is 0.173. The van der Waals surface area contributed by atoms with Gasteiger partial charge in [0.05, 0.1) is 43.5 Å². The van der Waals surface area contributed by atoms with Crippen molar-refractivity contribution >= 4 is 75.8 Å². The van der Waals surface area contributed by atoms with E-state index < -0.39 is 36.3 Å². The lowest BCUT2D eigenvalue weighted by molar-refractivity contribution is -0.151. The lowest BCUT2D eigenvalue weighted by Gasteiger charge is -2.26. The molecule has 0 unspecified atom stereocenters. The standard InChI is InChI=1S/C24H22Cl4N2O6/c1-4-35-14-8-6-5-7-12(14)29-15(31)10-36-24(34)13(9-11(2)3)30-22(32)16-17(23(30)33)19(26)21(28)20(27)18(16)25/h5-8,11,13H,4,9-10H2,1-3H3,(H,29,31)/t13-/m1/s1. The van der Waals surface area contributed by atoms with Crippen LogP contribution in [0.5, 0.6) is 5.75 Å². The van der Waals surface area contributed by atoms with Gasteiger partial charge in [-0.05, 0) is 31.4 Å². The molecule has 0 fully saturated rings. The molecule has 2 aromatic rings. The van der Waals surface area contributed by atoms with Gasteiger partial charge in [-0.25, -0.2) is 4.79 Å². The molecule has 3 rings (SSSR count). The Labute approximate surface area is 227 Å². The van der Waals surface area contributed by atoms with E-state index in [0.717, 1.165) is 4.90 Å². The van der Waals surface area contributed by atoms with Crippen molar-refractivity contribution in [2.45, 2.75) is 33.2 Å². The van der Waals surface area contributed by atoms with Crippen LogP contribution < -0.4 is 10.1 Å². The van der Waals surface area contributed by atoms with Gasteiger partial charge in [0.1, 0.15) is 11.8 Å². The second-order valence-electron chi connectivity index (χ2n) is 8.22. The summed E-state index contributed by atoms with van der Waals surface area (Å²) in [6.07, 6.45) is 0.0653. The predicted molar refractivity (Wildman–Crippen MR) is 137 cm³/mol. The summed E-state index contributed by atoms with van der Waals surface area (Å²) in [5, 5.41) is 1.75. The number of ether oxygens (including phenoxy) is 2. The van der Waals surface area contributed by atoms with Crippen LogP contribution in [0.3, 0.4) is 0 Å². The summed E-state index contributed by atoms with van der Waals surface area (Å²) in [6.45, 7) is 5.13. The highest BCUT2D eigenvalue weighted by Crippen LogP contribution is 2.45. The first kappa shape index (κ1) is 28.1. The number of nitrogens with zero attached hydrogens (tertiary/aromatic N) is 1. The van der Waals surface area contributed by atoms with Crippen molar-refractivity contribution < 1.29 is 28.7 Å². The third-order valence-corrected chi connectivity index (χ3v) is 7.02. The SMILES string of the molecule is CCOc1ccccc1NC(=O)COC(=O)[C@@H](CC(C)C)N1C(=O)c2c(Cl)c(Cl)c(Cl)c(Cl)c2C1=O. The lowest BCUT2D eigenvalue weighted by Crippen LogP contribution is -2.47. The number of nitrogens with one attached hydrogen (secondary N) is 1. The van der Waals surface area contributed by atoms with E-state index >= 15 is 0 Å². The van der Waals surface area contributed by atoms with Crippen LogP contribution >= 0.6 is 46.4 Å². The molecule has 1 heterocycles. The molecule has 0 aliphatic carbocycles. The third kappa shape index (κ3) is 5.57. The van der Waals surface area contributed by atoms with Crippen LogP contribution in [0.1, 0.15) is 47.9 Å². The van der Waals surface area contributed by atoms with E-state index in [1.54, 1.807) is 45.0 Å². The maximum atomic E-state index is 13.2. The summed E-state index contributed by atoms with van der Waals surface area (Å²) < 4.78 is 10.7. The molecule has 2 aromatic carbocycles. The number of anilines is 1. The second-order valence-corrected chi connectivity index (χ2v) is 9.73. The van der Waals surface area contributed by atoms with E-state index in [4.69, 9.17) is 55.9 Å². The first-order valence-electron chi connectivity index (χ1n) is 10.9. The van der Waals surface area contributed by atoms with E-state index in [9.17, 15) is 19.2 Å². The number of esters is 1. The Kier molecular flexibility index (Phi) is 9.11. The van der Waals surface area contributed by atoms with Crippen molar-refractivity contribution in [3.8, 4) is 5.75 Å². The molecule has 0 spiro atoms. The molecule has 1 aliphatic rings. The largest absolute Gasteiger partial charge is 0.492 e. The molecule has 1 aliphatic heterocycles. The minimum Gasteiger partial charge on any atom is -0.492 e. The molecule has 12 heteroatoms. The highest BCUT2D eigenvalue weighted by molar-refractivity contribution is 6.55. The van der Waals surface area contributed by atoms with Crippen molar-refractivity contribution in [1.29, 1.82) is 0 Å². The zero-order valence-corrected chi connectivity index (χ0v) is 22.5. The summed E-state index contributed by atoms with van der Waals surface area (Å²) in [7, 11) is 0. The Bertz CT molecular complexity index is 1190. The summed E-state index contributed by atoms with van der Waals surface area (Å²) >= 11 is 24.5. The molecule has 0 saturated carbocycles. The van der Waals surface area contributed by atoms with Gasteiger partial charge >= 0.3 is 5.97 Å². The zero-order chi connectivity index (χ0) is 26.7. The van der Waals surface area contributed by atoms with Gasteiger partial charge < -0.3 is 14.8 Å². The second kappa shape index (κ2) is 11.7. The fourth-order valence-electron chi connectivity index (χ4n) is 3.67. The van der Waals surface area contributed by atoms with Crippen LogP contribution in [0.15, 0.2) is 24.3 Å². The molecule has 0 aromatic heterocycles.